The molecule has 0 aliphatic rings. The maximum atomic E-state index is 13.6. The molecule has 0 saturated carbocycles. The molecule has 1 aromatic heterocycles. The first kappa shape index (κ1) is 20.2. The number of carbonyl (C=O) groups excluding carboxylic acids is 1. The number of alkyl halides is 3. The number of hydrogen-bond donors (Lipinski definition) is 1. The standard InChI is InChI=1S/C18H14ClF3N4OS/c1-10(15(23)27)28-17-25-24-16(11-5-4-6-12(19)9-11)26(17)14-8-3-2-7-13(14)18(20,21)22/h2-10H,1H3,(H2,23,27). The van der Waals surface area contributed by atoms with Crippen molar-refractivity contribution in [3.8, 4) is 17.1 Å². The molecule has 2 aromatic carbocycles. The number of para-hydroxylation sites is 1. The number of carbonyl (C=O) groups is 1. The molecule has 146 valence electrons. The van der Waals surface area contributed by atoms with Crippen molar-refractivity contribution in [1.82, 2.24) is 14.8 Å². The van der Waals surface area contributed by atoms with E-state index in [-0.39, 0.29) is 16.7 Å². The molecule has 1 amide bonds. The minimum atomic E-state index is -4.59. The van der Waals surface area contributed by atoms with E-state index in [0.717, 1.165) is 17.8 Å². The van der Waals surface area contributed by atoms with Crippen molar-refractivity contribution in [1.29, 1.82) is 0 Å². The number of aromatic nitrogens is 3. The van der Waals surface area contributed by atoms with E-state index in [9.17, 15) is 18.0 Å². The number of halogens is 4. The zero-order valence-electron chi connectivity index (χ0n) is 14.4. The van der Waals surface area contributed by atoms with E-state index in [1.165, 1.54) is 22.8 Å². The summed E-state index contributed by atoms with van der Waals surface area (Å²) >= 11 is 6.95. The molecule has 1 unspecified atom stereocenters. The van der Waals surface area contributed by atoms with Gasteiger partial charge in [-0.2, -0.15) is 13.2 Å². The van der Waals surface area contributed by atoms with Crippen LogP contribution in [0, 0.1) is 0 Å². The first-order valence-corrected chi connectivity index (χ1v) is 9.28. The van der Waals surface area contributed by atoms with Crippen LogP contribution >= 0.6 is 23.4 Å². The summed E-state index contributed by atoms with van der Waals surface area (Å²) in [5.41, 5.74) is 4.76. The smallest absolute Gasteiger partial charge is 0.369 e. The third-order valence-electron chi connectivity index (χ3n) is 3.85. The summed E-state index contributed by atoms with van der Waals surface area (Å²) < 4.78 is 42.1. The summed E-state index contributed by atoms with van der Waals surface area (Å²) in [4.78, 5) is 11.4. The molecule has 0 aliphatic carbocycles. The van der Waals surface area contributed by atoms with E-state index in [4.69, 9.17) is 17.3 Å². The first-order chi connectivity index (χ1) is 13.2. The molecule has 1 heterocycles. The second-order valence-corrected chi connectivity index (χ2v) is 7.57. The number of amides is 1. The fourth-order valence-electron chi connectivity index (χ4n) is 2.50. The molecule has 5 nitrogen and oxygen atoms in total. The highest BCUT2D eigenvalue weighted by atomic mass is 35.5. The highest BCUT2D eigenvalue weighted by molar-refractivity contribution is 8.00. The fourth-order valence-corrected chi connectivity index (χ4v) is 3.50. The average Bonchev–Trinajstić information content (AvgIpc) is 3.04. The van der Waals surface area contributed by atoms with Gasteiger partial charge in [-0.05, 0) is 31.2 Å². The van der Waals surface area contributed by atoms with Gasteiger partial charge in [-0.1, -0.05) is 47.6 Å². The molecule has 1 atom stereocenters. The van der Waals surface area contributed by atoms with Gasteiger partial charge >= 0.3 is 6.18 Å². The van der Waals surface area contributed by atoms with Gasteiger partial charge in [-0.25, -0.2) is 0 Å². The molecule has 2 N–H and O–H groups in total. The number of benzene rings is 2. The molecule has 3 rings (SSSR count). The van der Waals surface area contributed by atoms with Gasteiger partial charge in [0, 0.05) is 10.6 Å². The monoisotopic (exact) mass is 426 g/mol. The SMILES string of the molecule is CC(Sc1nnc(-c2cccc(Cl)c2)n1-c1ccccc1C(F)(F)F)C(N)=O. The van der Waals surface area contributed by atoms with Crippen LogP contribution in [0.2, 0.25) is 5.02 Å². The lowest BCUT2D eigenvalue weighted by molar-refractivity contribution is -0.137. The van der Waals surface area contributed by atoms with E-state index in [0.29, 0.717) is 10.6 Å². The molecule has 3 aromatic rings. The van der Waals surface area contributed by atoms with Crippen LogP contribution < -0.4 is 5.73 Å². The summed E-state index contributed by atoms with van der Waals surface area (Å²) in [5, 5.41) is 7.85. The fraction of sp³-hybridized carbons (Fsp3) is 0.167. The Kier molecular flexibility index (Phi) is 5.66. The van der Waals surface area contributed by atoms with E-state index >= 15 is 0 Å². The molecule has 10 heteroatoms. The Morgan fingerprint density at radius 1 is 1.18 bits per heavy atom. The third-order valence-corrected chi connectivity index (χ3v) is 5.15. The minimum Gasteiger partial charge on any atom is -0.369 e. The van der Waals surface area contributed by atoms with E-state index in [1.807, 2.05) is 0 Å². The van der Waals surface area contributed by atoms with Gasteiger partial charge in [0.2, 0.25) is 5.91 Å². The Balaban J connectivity index is 2.26. The molecular weight excluding hydrogens is 413 g/mol. The van der Waals surface area contributed by atoms with Crippen molar-refractivity contribution < 1.29 is 18.0 Å². The molecule has 28 heavy (non-hydrogen) atoms. The van der Waals surface area contributed by atoms with Crippen LogP contribution in [0.5, 0.6) is 0 Å². The van der Waals surface area contributed by atoms with Gasteiger partial charge in [0.25, 0.3) is 0 Å². The number of primary amides is 1. The lowest BCUT2D eigenvalue weighted by atomic mass is 10.1. The normalized spacial score (nSPS) is 12.8. The number of thioether (sulfide) groups is 1. The quantitative estimate of drug-likeness (QED) is 0.606. The number of nitrogens with zero attached hydrogens (tertiary/aromatic N) is 3. The van der Waals surface area contributed by atoms with Crippen molar-refractivity contribution in [2.24, 2.45) is 5.73 Å². The summed E-state index contributed by atoms with van der Waals surface area (Å²) in [7, 11) is 0. The topological polar surface area (TPSA) is 73.8 Å². The molecule has 0 bridgehead atoms. The lowest BCUT2D eigenvalue weighted by Crippen LogP contribution is -2.23. The molecule has 0 saturated heterocycles. The van der Waals surface area contributed by atoms with Crippen LogP contribution in [-0.4, -0.2) is 25.9 Å². The Bertz CT molecular complexity index is 1020. The third kappa shape index (κ3) is 4.15. The molecule has 0 fully saturated rings. The Hall–Kier alpha value is -2.52. The molecule has 0 radical (unpaired) electrons. The van der Waals surface area contributed by atoms with Crippen LogP contribution in [0.1, 0.15) is 12.5 Å². The maximum Gasteiger partial charge on any atom is 0.418 e. The second-order valence-electron chi connectivity index (χ2n) is 5.83. The van der Waals surface area contributed by atoms with Gasteiger partial charge in [-0.15, -0.1) is 10.2 Å². The highest BCUT2D eigenvalue weighted by Crippen LogP contribution is 2.38. The number of nitrogens with two attached hydrogens (primary N) is 1. The summed E-state index contributed by atoms with van der Waals surface area (Å²) in [5.74, 6) is -0.452. The first-order valence-electron chi connectivity index (χ1n) is 8.02. The van der Waals surface area contributed by atoms with Crippen molar-refractivity contribution in [3.63, 3.8) is 0 Å². The molecular formula is C18H14ClF3N4OS. The molecule has 0 spiro atoms. The van der Waals surface area contributed by atoms with Gasteiger partial charge in [0.15, 0.2) is 11.0 Å². The minimum absolute atomic E-state index is 0.109. The lowest BCUT2D eigenvalue weighted by Gasteiger charge is -2.17. The Morgan fingerprint density at radius 2 is 1.89 bits per heavy atom. The van der Waals surface area contributed by atoms with Crippen LogP contribution in [0.4, 0.5) is 13.2 Å². The van der Waals surface area contributed by atoms with Crippen molar-refractivity contribution in [2.45, 2.75) is 23.5 Å². The van der Waals surface area contributed by atoms with E-state index in [1.54, 1.807) is 31.2 Å². The van der Waals surface area contributed by atoms with Crippen LogP contribution in [0.15, 0.2) is 53.7 Å². The predicted octanol–water partition coefficient (Wildman–Crippen LogP) is 4.57. The van der Waals surface area contributed by atoms with Crippen LogP contribution in [0.25, 0.3) is 17.1 Å². The van der Waals surface area contributed by atoms with Crippen LogP contribution in [-0.2, 0) is 11.0 Å². The molecule has 0 aliphatic heterocycles. The van der Waals surface area contributed by atoms with Gasteiger partial charge in [-0.3, -0.25) is 9.36 Å². The zero-order chi connectivity index (χ0) is 20.5. The summed E-state index contributed by atoms with van der Waals surface area (Å²) in [6.07, 6.45) is -4.59. The number of rotatable bonds is 5. The van der Waals surface area contributed by atoms with Gasteiger partial charge < -0.3 is 5.73 Å². The van der Waals surface area contributed by atoms with Crippen molar-refractivity contribution in [3.05, 3.63) is 59.1 Å². The van der Waals surface area contributed by atoms with Gasteiger partial charge in [0.1, 0.15) is 0 Å². The summed E-state index contributed by atoms with van der Waals surface area (Å²) in [6.45, 7) is 1.54. The maximum absolute atomic E-state index is 13.6. The van der Waals surface area contributed by atoms with E-state index in [2.05, 4.69) is 10.2 Å². The summed E-state index contributed by atoms with van der Waals surface area (Å²) in [6, 6.07) is 11.6. The Morgan fingerprint density at radius 3 is 2.54 bits per heavy atom. The average molecular weight is 427 g/mol. The number of hydrogen-bond acceptors (Lipinski definition) is 4. The highest BCUT2D eigenvalue weighted by Gasteiger charge is 2.35. The second kappa shape index (κ2) is 7.84. The Labute approximate surface area is 167 Å². The van der Waals surface area contributed by atoms with Crippen molar-refractivity contribution >= 4 is 29.3 Å². The van der Waals surface area contributed by atoms with Crippen LogP contribution in [0.3, 0.4) is 0 Å². The van der Waals surface area contributed by atoms with Crippen molar-refractivity contribution in [2.75, 3.05) is 0 Å². The van der Waals surface area contributed by atoms with Gasteiger partial charge in [0.05, 0.1) is 16.5 Å². The predicted molar refractivity (Wildman–Crippen MR) is 101 cm³/mol. The largest absolute Gasteiger partial charge is 0.418 e. The van der Waals surface area contributed by atoms with E-state index < -0.39 is 22.9 Å². The zero-order valence-corrected chi connectivity index (χ0v) is 16.0.